The summed E-state index contributed by atoms with van der Waals surface area (Å²) in [5.74, 6) is 1.04. The van der Waals surface area contributed by atoms with E-state index in [4.69, 9.17) is 15.2 Å². The number of primary amides is 1. The molecule has 0 radical (unpaired) electrons. The van der Waals surface area contributed by atoms with Gasteiger partial charge in [-0.2, -0.15) is 0 Å². The largest absolute Gasteiger partial charge is 0.493 e. The molecular weight excluding hydrogens is 256 g/mol. The molecule has 1 unspecified atom stereocenters. The monoisotopic (exact) mass is 280 g/mol. The Morgan fingerprint density at radius 2 is 2.10 bits per heavy atom. The molecule has 1 aromatic rings. The van der Waals surface area contributed by atoms with Gasteiger partial charge in [0.05, 0.1) is 19.8 Å². The van der Waals surface area contributed by atoms with Crippen molar-refractivity contribution in [1.82, 2.24) is 5.32 Å². The maximum atomic E-state index is 11.2. The zero-order valence-electron chi connectivity index (χ0n) is 12.4. The van der Waals surface area contributed by atoms with Crippen LogP contribution < -0.4 is 20.5 Å². The van der Waals surface area contributed by atoms with Crippen LogP contribution in [0.25, 0.3) is 0 Å². The first-order valence-corrected chi connectivity index (χ1v) is 6.94. The summed E-state index contributed by atoms with van der Waals surface area (Å²) in [6.07, 6.45) is 1.47. The average Bonchev–Trinajstić information content (AvgIpc) is 2.46. The summed E-state index contributed by atoms with van der Waals surface area (Å²) in [4.78, 5) is 11.2. The number of ether oxygens (including phenoxy) is 2. The van der Waals surface area contributed by atoms with Gasteiger partial charge >= 0.3 is 0 Å². The van der Waals surface area contributed by atoms with E-state index >= 15 is 0 Å². The SMILES string of the molecule is CCNC(CCOc1ccc(CC)cc1OC)C(N)=O. The van der Waals surface area contributed by atoms with Crippen molar-refractivity contribution in [3.63, 3.8) is 0 Å². The molecule has 20 heavy (non-hydrogen) atoms. The Hall–Kier alpha value is -1.75. The Bertz CT molecular complexity index is 435. The minimum absolute atomic E-state index is 0.358. The first kappa shape index (κ1) is 16.3. The normalized spacial score (nSPS) is 11.9. The van der Waals surface area contributed by atoms with E-state index in [1.165, 1.54) is 5.56 Å². The van der Waals surface area contributed by atoms with E-state index < -0.39 is 0 Å². The van der Waals surface area contributed by atoms with Gasteiger partial charge in [0, 0.05) is 6.42 Å². The Morgan fingerprint density at radius 1 is 1.35 bits per heavy atom. The number of amides is 1. The van der Waals surface area contributed by atoms with E-state index in [2.05, 4.69) is 12.2 Å². The topological polar surface area (TPSA) is 73.6 Å². The molecule has 0 heterocycles. The summed E-state index contributed by atoms with van der Waals surface area (Å²) in [5.41, 5.74) is 6.51. The highest BCUT2D eigenvalue weighted by Crippen LogP contribution is 2.28. The second-order valence-electron chi connectivity index (χ2n) is 4.49. The maximum absolute atomic E-state index is 11.2. The van der Waals surface area contributed by atoms with Crippen LogP contribution in [0.5, 0.6) is 11.5 Å². The lowest BCUT2D eigenvalue weighted by molar-refractivity contribution is -0.120. The van der Waals surface area contributed by atoms with Crippen LogP contribution in [-0.4, -0.2) is 32.2 Å². The summed E-state index contributed by atoms with van der Waals surface area (Å²) in [6, 6.07) is 5.50. The third kappa shape index (κ3) is 4.74. The second kappa shape index (κ2) is 8.43. The van der Waals surface area contributed by atoms with Crippen molar-refractivity contribution in [2.24, 2.45) is 5.73 Å². The minimum atomic E-state index is -0.360. The lowest BCUT2D eigenvalue weighted by Crippen LogP contribution is -2.42. The summed E-state index contributed by atoms with van der Waals surface area (Å²) in [6.45, 7) is 5.12. The number of methoxy groups -OCH3 is 1. The number of aryl methyl sites for hydroxylation is 1. The average molecular weight is 280 g/mol. The number of nitrogens with one attached hydrogen (secondary N) is 1. The lowest BCUT2D eigenvalue weighted by Gasteiger charge is -2.16. The van der Waals surface area contributed by atoms with Crippen LogP contribution in [0.15, 0.2) is 18.2 Å². The molecule has 112 valence electrons. The molecule has 5 heteroatoms. The molecule has 1 rings (SSSR count). The summed E-state index contributed by atoms with van der Waals surface area (Å²) in [5, 5.41) is 3.03. The molecule has 0 aliphatic rings. The van der Waals surface area contributed by atoms with Crippen molar-refractivity contribution in [3.05, 3.63) is 23.8 Å². The number of rotatable bonds is 9. The Morgan fingerprint density at radius 3 is 2.65 bits per heavy atom. The van der Waals surface area contributed by atoms with Crippen LogP contribution in [0.3, 0.4) is 0 Å². The number of hydrogen-bond donors (Lipinski definition) is 2. The molecule has 3 N–H and O–H groups in total. The van der Waals surface area contributed by atoms with Gasteiger partial charge in [0.25, 0.3) is 0 Å². The zero-order valence-corrected chi connectivity index (χ0v) is 12.4. The van der Waals surface area contributed by atoms with Crippen molar-refractivity contribution in [2.75, 3.05) is 20.3 Å². The van der Waals surface area contributed by atoms with Crippen LogP contribution in [0.4, 0.5) is 0 Å². The van der Waals surface area contributed by atoms with Gasteiger partial charge in [-0.3, -0.25) is 4.79 Å². The van der Waals surface area contributed by atoms with Gasteiger partial charge in [-0.05, 0) is 30.7 Å². The number of carbonyl (C=O) groups excluding carboxylic acids is 1. The predicted octanol–water partition coefficient (Wildman–Crippen LogP) is 1.49. The van der Waals surface area contributed by atoms with Gasteiger partial charge < -0.3 is 20.5 Å². The molecule has 5 nitrogen and oxygen atoms in total. The molecular formula is C15H24N2O3. The molecule has 1 atom stereocenters. The predicted molar refractivity (Wildman–Crippen MR) is 79.1 cm³/mol. The fourth-order valence-corrected chi connectivity index (χ4v) is 1.93. The molecule has 0 aliphatic carbocycles. The van der Waals surface area contributed by atoms with Crippen LogP contribution in [0.1, 0.15) is 25.8 Å². The zero-order chi connectivity index (χ0) is 15.0. The van der Waals surface area contributed by atoms with Gasteiger partial charge in [-0.1, -0.05) is 19.9 Å². The van der Waals surface area contributed by atoms with Gasteiger partial charge in [0.2, 0.25) is 5.91 Å². The van der Waals surface area contributed by atoms with E-state index in [-0.39, 0.29) is 11.9 Å². The number of carbonyl (C=O) groups is 1. The van der Waals surface area contributed by atoms with E-state index in [0.29, 0.717) is 31.1 Å². The second-order valence-corrected chi connectivity index (χ2v) is 4.49. The first-order chi connectivity index (χ1) is 9.62. The fraction of sp³-hybridized carbons (Fsp3) is 0.533. The standard InChI is InChI=1S/C15H24N2O3/c1-4-11-6-7-13(14(10-11)19-3)20-9-8-12(15(16)18)17-5-2/h6-7,10,12,17H,4-5,8-9H2,1-3H3,(H2,16,18). The molecule has 0 bridgehead atoms. The highest BCUT2D eigenvalue weighted by atomic mass is 16.5. The number of benzene rings is 1. The maximum Gasteiger partial charge on any atom is 0.234 e. The van der Waals surface area contributed by atoms with Gasteiger partial charge in [0.1, 0.15) is 0 Å². The quantitative estimate of drug-likeness (QED) is 0.719. The van der Waals surface area contributed by atoms with E-state index in [9.17, 15) is 4.79 Å². The first-order valence-electron chi connectivity index (χ1n) is 6.94. The lowest BCUT2D eigenvalue weighted by atomic mass is 10.1. The van der Waals surface area contributed by atoms with Gasteiger partial charge in [-0.25, -0.2) is 0 Å². The Balaban J connectivity index is 2.58. The number of likely N-dealkylation sites (N-methyl/N-ethyl adjacent to an activating group) is 1. The fourth-order valence-electron chi connectivity index (χ4n) is 1.93. The highest BCUT2D eigenvalue weighted by molar-refractivity contribution is 5.79. The number of hydrogen-bond acceptors (Lipinski definition) is 4. The molecule has 0 saturated carbocycles. The summed E-state index contributed by atoms with van der Waals surface area (Å²) in [7, 11) is 1.62. The summed E-state index contributed by atoms with van der Waals surface area (Å²) >= 11 is 0. The van der Waals surface area contributed by atoms with Crippen molar-refractivity contribution in [2.45, 2.75) is 32.7 Å². The van der Waals surface area contributed by atoms with Gasteiger partial charge in [0.15, 0.2) is 11.5 Å². The Kier molecular flexibility index (Phi) is 6.87. The third-order valence-electron chi connectivity index (χ3n) is 3.09. The van der Waals surface area contributed by atoms with Crippen LogP contribution >= 0.6 is 0 Å². The smallest absolute Gasteiger partial charge is 0.234 e. The number of nitrogens with two attached hydrogens (primary N) is 1. The van der Waals surface area contributed by atoms with Crippen LogP contribution in [0.2, 0.25) is 0 Å². The molecule has 1 amide bonds. The molecule has 0 spiro atoms. The molecule has 1 aromatic carbocycles. The van der Waals surface area contributed by atoms with Crippen LogP contribution in [-0.2, 0) is 11.2 Å². The molecule has 0 aliphatic heterocycles. The van der Waals surface area contributed by atoms with Crippen LogP contribution in [0, 0.1) is 0 Å². The van der Waals surface area contributed by atoms with Crippen molar-refractivity contribution in [1.29, 1.82) is 0 Å². The van der Waals surface area contributed by atoms with E-state index in [1.54, 1.807) is 7.11 Å². The minimum Gasteiger partial charge on any atom is -0.493 e. The van der Waals surface area contributed by atoms with Crippen molar-refractivity contribution in [3.8, 4) is 11.5 Å². The third-order valence-corrected chi connectivity index (χ3v) is 3.09. The summed E-state index contributed by atoms with van der Waals surface area (Å²) < 4.78 is 11.0. The van der Waals surface area contributed by atoms with Gasteiger partial charge in [-0.15, -0.1) is 0 Å². The van der Waals surface area contributed by atoms with E-state index in [0.717, 1.165) is 6.42 Å². The van der Waals surface area contributed by atoms with Crippen molar-refractivity contribution >= 4 is 5.91 Å². The molecule has 0 fully saturated rings. The Labute approximate surface area is 120 Å². The van der Waals surface area contributed by atoms with E-state index in [1.807, 2.05) is 25.1 Å². The van der Waals surface area contributed by atoms with Crippen molar-refractivity contribution < 1.29 is 14.3 Å². The molecule has 0 saturated heterocycles. The highest BCUT2D eigenvalue weighted by Gasteiger charge is 2.14. The molecule has 0 aromatic heterocycles.